The third kappa shape index (κ3) is 2.95. The molecule has 1 N–H and O–H groups in total. The van der Waals surface area contributed by atoms with Gasteiger partial charge in [0, 0.05) is 27.8 Å². The van der Waals surface area contributed by atoms with E-state index in [0.717, 1.165) is 28.3 Å². The minimum absolute atomic E-state index is 0.167. The van der Waals surface area contributed by atoms with Crippen LogP contribution < -0.4 is 0 Å². The number of thioether (sulfide) groups is 1. The fraction of sp³-hybridized carbons (Fsp3) is 0.150. The van der Waals surface area contributed by atoms with Gasteiger partial charge in [-0.15, -0.1) is 0 Å². The van der Waals surface area contributed by atoms with Crippen molar-refractivity contribution in [3.05, 3.63) is 69.0 Å². The summed E-state index contributed by atoms with van der Waals surface area (Å²) in [5.74, 6) is -0.210. The highest BCUT2D eigenvalue weighted by molar-refractivity contribution is 8.16. The molecule has 1 aromatic heterocycles. The topological polar surface area (TPSA) is 61.5 Å². The van der Waals surface area contributed by atoms with Gasteiger partial charge in [-0.2, -0.15) is 4.99 Å². The van der Waals surface area contributed by atoms with E-state index in [2.05, 4.69) is 9.56 Å². The van der Waals surface area contributed by atoms with E-state index in [4.69, 9.17) is 17.0 Å². The van der Waals surface area contributed by atoms with Crippen molar-refractivity contribution in [1.29, 1.82) is 5.41 Å². The lowest BCUT2D eigenvalue weighted by Gasteiger charge is -2.25. The van der Waals surface area contributed by atoms with E-state index in [1.165, 1.54) is 11.8 Å². The van der Waals surface area contributed by atoms with Gasteiger partial charge in [0.1, 0.15) is 5.84 Å². The molecular weight excluding hydrogens is 380 g/mol. The smallest absolute Gasteiger partial charge is 0.283 e. The van der Waals surface area contributed by atoms with Crippen molar-refractivity contribution in [3.8, 4) is 5.69 Å². The van der Waals surface area contributed by atoms with Gasteiger partial charge in [0.25, 0.3) is 5.91 Å². The summed E-state index contributed by atoms with van der Waals surface area (Å²) in [5, 5.41) is 11.6. The average Bonchev–Trinajstić information content (AvgIpc) is 3.12. The second kappa shape index (κ2) is 6.55. The van der Waals surface area contributed by atoms with Crippen LogP contribution in [0.15, 0.2) is 52.0 Å². The number of hydrogen-bond donors (Lipinski definition) is 1. The lowest BCUT2D eigenvalue weighted by Crippen LogP contribution is -2.37. The highest BCUT2D eigenvalue weighted by Gasteiger charge is 2.34. The first-order valence-electron chi connectivity index (χ1n) is 8.39. The summed E-state index contributed by atoms with van der Waals surface area (Å²) in [6.45, 7) is 5.91. The molecule has 0 fully saturated rings. The number of nitrogens with zero attached hydrogens (tertiary/aromatic N) is 3. The van der Waals surface area contributed by atoms with Gasteiger partial charge in [0.05, 0.1) is 5.57 Å². The largest absolute Gasteiger partial charge is 0.318 e. The van der Waals surface area contributed by atoms with Gasteiger partial charge in [-0.05, 0) is 68.2 Å². The highest BCUT2D eigenvalue weighted by atomic mass is 35.5. The molecule has 0 spiro atoms. The first-order valence-corrected chi connectivity index (χ1v) is 9.64. The number of carbonyl (C=O) groups excluding carboxylic acids is 1. The van der Waals surface area contributed by atoms with Crippen LogP contribution >= 0.6 is 23.4 Å². The third-order valence-corrected chi connectivity index (χ3v) is 5.84. The quantitative estimate of drug-likeness (QED) is 0.733. The maximum Gasteiger partial charge on any atom is 0.283 e. The molecule has 0 saturated carbocycles. The lowest BCUT2D eigenvalue weighted by atomic mass is 10.1. The summed E-state index contributed by atoms with van der Waals surface area (Å²) >= 11 is 7.37. The molecule has 0 radical (unpaired) electrons. The molecule has 2 aliphatic heterocycles. The maximum atomic E-state index is 12.5. The van der Waals surface area contributed by atoms with Gasteiger partial charge in [0.15, 0.2) is 5.17 Å². The molecule has 0 aliphatic carbocycles. The fourth-order valence-electron chi connectivity index (χ4n) is 3.32. The Kier molecular flexibility index (Phi) is 4.32. The Bertz CT molecular complexity index is 1080. The highest BCUT2D eigenvalue weighted by Crippen LogP contribution is 2.32. The number of carbonyl (C=O) groups is 1. The van der Waals surface area contributed by atoms with Gasteiger partial charge < -0.3 is 4.57 Å². The summed E-state index contributed by atoms with van der Waals surface area (Å²) in [4.78, 5) is 18.3. The van der Waals surface area contributed by atoms with Crippen LogP contribution in [0.1, 0.15) is 23.9 Å². The minimum Gasteiger partial charge on any atom is -0.318 e. The molecule has 5 nitrogen and oxygen atoms in total. The molecule has 2 aromatic rings. The van der Waals surface area contributed by atoms with Crippen LogP contribution in [0.25, 0.3) is 11.8 Å². The van der Waals surface area contributed by atoms with E-state index in [1.54, 1.807) is 11.0 Å². The normalized spacial score (nSPS) is 18.1. The van der Waals surface area contributed by atoms with Crippen molar-refractivity contribution >= 4 is 46.3 Å². The number of allylic oxidation sites excluding steroid dienone is 1. The zero-order valence-electron chi connectivity index (χ0n) is 15.1. The predicted molar refractivity (Wildman–Crippen MR) is 112 cm³/mol. The average molecular weight is 397 g/mol. The molecule has 3 heterocycles. The summed E-state index contributed by atoms with van der Waals surface area (Å²) in [6.07, 6.45) is 1.76. The van der Waals surface area contributed by atoms with Crippen LogP contribution in [0.5, 0.6) is 0 Å². The Morgan fingerprint density at radius 1 is 1.19 bits per heavy atom. The number of halogens is 1. The minimum atomic E-state index is -0.377. The van der Waals surface area contributed by atoms with Crippen molar-refractivity contribution in [2.45, 2.75) is 20.8 Å². The van der Waals surface area contributed by atoms with Gasteiger partial charge in [0.2, 0.25) is 0 Å². The van der Waals surface area contributed by atoms with Crippen molar-refractivity contribution < 1.29 is 4.79 Å². The Hall–Kier alpha value is -2.57. The molecule has 1 aromatic carbocycles. The molecule has 0 bridgehead atoms. The number of fused-ring (bicyclic) bond motifs is 1. The van der Waals surface area contributed by atoms with Crippen LogP contribution in [0.2, 0.25) is 5.02 Å². The van der Waals surface area contributed by atoms with Crippen molar-refractivity contribution in [2.75, 3.05) is 0 Å². The number of rotatable bonds is 2. The Labute approximate surface area is 166 Å². The predicted octanol–water partition coefficient (Wildman–Crippen LogP) is 4.91. The van der Waals surface area contributed by atoms with Crippen molar-refractivity contribution in [3.63, 3.8) is 0 Å². The first kappa shape index (κ1) is 17.8. The summed E-state index contributed by atoms with van der Waals surface area (Å²) in [7, 11) is 0. The van der Waals surface area contributed by atoms with E-state index in [-0.39, 0.29) is 11.7 Å². The standard InChI is InChI=1S/C20H17ClN4OS/c1-11-8-14(13(3)24(11)16-6-4-15(21)5-7-16)9-17-18(22)25-12(2)10-27-20(25)23-19(17)26/h4-10,22H,1-3H3/b17-9+,22-18?. The van der Waals surface area contributed by atoms with Crippen molar-refractivity contribution in [2.24, 2.45) is 4.99 Å². The summed E-state index contributed by atoms with van der Waals surface area (Å²) in [6, 6.07) is 9.63. The number of nitrogens with one attached hydrogen (secondary N) is 1. The summed E-state index contributed by atoms with van der Waals surface area (Å²) < 4.78 is 2.10. The van der Waals surface area contributed by atoms with E-state index < -0.39 is 0 Å². The van der Waals surface area contributed by atoms with E-state index in [0.29, 0.717) is 15.8 Å². The molecule has 2 aliphatic rings. The molecule has 1 amide bonds. The first-order chi connectivity index (χ1) is 12.9. The van der Waals surface area contributed by atoms with E-state index >= 15 is 0 Å². The molecule has 0 saturated heterocycles. The van der Waals surface area contributed by atoms with Gasteiger partial charge >= 0.3 is 0 Å². The molecule has 27 heavy (non-hydrogen) atoms. The van der Waals surface area contributed by atoms with Crippen LogP contribution in [0.3, 0.4) is 0 Å². The van der Waals surface area contributed by atoms with Crippen LogP contribution in [0.4, 0.5) is 0 Å². The van der Waals surface area contributed by atoms with Gasteiger partial charge in [-0.25, -0.2) is 0 Å². The number of hydrogen-bond acceptors (Lipinski definition) is 3. The maximum absolute atomic E-state index is 12.5. The Morgan fingerprint density at radius 2 is 1.89 bits per heavy atom. The Morgan fingerprint density at radius 3 is 2.59 bits per heavy atom. The molecular formula is C20H17ClN4OS. The molecule has 7 heteroatoms. The van der Waals surface area contributed by atoms with Crippen molar-refractivity contribution in [1.82, 2.24) is 9.47 Å². The molecule has 0 atom stereocenters. The fourth-order valence-corrected chi connectivity index (χ4v) is 4.30. The summed E-state index contributed by atoms with van der Waals surface area (Å²) in [5.41, 5.74) is 5.11. The van der Waals surface area contributed by atoms with Crippen LogP contribution in [-0.2, 0) is 4.79 Å². The van der Waals surface area contributed by atoms with Gasteiger partial charge in [-0.3, -0.25) is 15.1 Å². The number of aryl methyl sites for hydroxylation is 1. The van der Waals surface area contributed by atoms with Crippen LogP contribution in [0, 0.1) is 19.3 Å². The second-order valence-corrected chi connectivity index (χ2v) is 7.73. The number of amides is 1. The number of aliphatic imine (C=N–C) groups is 1. The SMILES string of the molecule is CC1=CSC2=NC(=O)/C(=C/c3cc(C)n(-c4ccc(Cl)cc4)c3C)C(=N)N12. The number of aromatic nitrogens is 1. The molecule has 136 valence electrons. The zero-order valence-corrected chi connectivity index (χ0v) is 16.6. The Balaban J connectivity index is 1.78. The lowest BCUT2D eigenvalue weighted by molar-refractivity contribution is -0.114. The number of benzene rings is 1. The van der Waals surface area contributed by atoms with Gasteiger partial charge in [-0.1, -0.05) is 23.4 Å². The third-order valence-electron chi connectivity index (χ3n) is 4.64. The second-order valence-electron chi connectivity index (χ2n) is 6.46. The monoisotopic (exact) mass is 396 g/mol. The molecule has 0 unspecified atom stereocenters. The van der Waals surface area contributed by atoms with E-state index in [9.17, 15) is 4.79 Å². The number of amidine groups is 2. The van der Waals surface area contributed by atoms with Crippen LogP contribution in [-0.4, -0.2) is 26.4 Å². The zero-order chi connectivity index (χ0) is 19.3. The molecule has 4 rings (SSSR count). The van der Waals surface area contributed by atoms with E-state index in [1.807, 2.05) is 56.5 Å².